The summed E-state index contributed by atoms with van der Waals surface area (Å²) in [6, 6.07) is 18.2. The SMILES string of the molecule is Cc1cc(-c2c(-c3ccccc3)[nH+]c(N)n3c(=O)n(Cc4ccc(F)cc4C)nc23)cc(C)n1. The molecule has 3 N–H and O–H groups in total. The third-order valence-corrected chi connectivity index (χ3v) is 5.86. The first-order valence-electron chi connectivity index (χ1n) is 10.9. The van der Waals surface area contributed by atoms with E-state index in [0.29, 0.717) is 5.65 Å². The van der Waals surface area contributed by atoms with E-state index >= 15 is 0 Å². The van der Waals surface area contributed by atoms with Gasteiger partial charge in [0.15, 0.2) is 0 Å². The molecule has 2 aromatic carbocycles. The van der Waals surface area contributed by atoms with Crippen LogP contribution in [0.1, 0.15) is 22.5 Å². The highest BCUT2D eigenvalue weighted by Crippen LogP contribution is 2.33. The Morgan fingerprint density at radius 2 is 1.68 bits per heavy atom. The maximum atomic E-state index is 13.6. The van der Waals surface area contributed by atoms with Gasteiger partial charge in [0.2, 0.25) is 5.65 Å². The number of rotatable bonds is 4. The molecule has 0 unspecified atom stereocenters. The number of hydrogen-bond donors (Lipinski definition) is 1. The molecule has 3 heterocycles. The number of aromatic nitrogens is 5. The Hall–Kier alpha value is -4.33. The van der Waals surface area contributed by atoms with E-state index in [1.54, 1.807) is 6.07 Å². The Balaban J connectivity index is 1.81. The molecule has 0 aliphatic heterocycles. The third kappa shape index (κ3) is 3.73. The number of aryl methyl sites for hydroxylation is 3. The number of hydrogen-bond acceptors (Lipinski definition) is 4. The fraction of sp³-hybridized carbons (Fsp3) is 0.154. The lowest BCUT2D eigenvalue weighted by Gasteiger charge is -2.10. The quantitative estimate of drug-likeness (QED) is 0.447. The van der Waals surface area contributed by atoms with Gasteiger partial charge < -0.3 is 0 Å². The lowest BCUT2D eigenvalue weighted by atomic mass is 9.99. The van der Waals surface area contributed by atoms with Gasteiger partial charge in [0, 0.05) is 17.0 Å². The number of halogens is 1. The number of nitrogen functional groups attached to an aromatic ring is 1. The summed E-state index contributed by atoms with van der Waals surface area (Å²) in [5.41, 5.74) is 13.0. The lowest BCUT2D eigenvalue weighted by Crippen LogP contribution is -2.28. The minimum atomic E-state index is -0.379. The standard InChI is InChI=1S/C26H23FN6O/c1-15-11-21(27)10-9-19(15)14-32-26(34)33-24(31-32)22(20-12-16(2)29-17(3)13-20)23(30-25(33)28)18-7-5-4-6-8-18/h4-13H,14H2,1-3H3,(H2,28,30)/p+1. The highest BCUT2D eigenvalue weighted by atomic mass is 19.1. The van der Waals surface area contributed by atoms with Gasteiger partial charge in [-0.05, 0) is 61.7 Å². The number of anilines is 1. The molecule has 0 radical (unpaired) electrons. The minimum Gasteiger partial charge on any atom is -0.290 e. The van der Waals surface area contributed by atoms with Crippen LogP contribution in [0.4, 0.5) is 10.3 Å². The number of fused-ring (bicyclic) bond motifs is 1. The molecule has 3 aromatic heterocycles. The van der Waals surface area contributed by atoms with Crippen molar-refractivity contribution in [1.82, 2.24) is 19.2 Å². The van der Waals surface area contributed by atoms with Crippen molar-refractivity contribution in [3.63, 3.8) is 0 Å². The van der Waals surface area contributed by atoms with Gasteiger partial charge in [-0.1, -0.05) is 36.4 Å². The Bertz CT molecular complexity index is 1580. The molecule has 0 bridgehead atoms. The van der Waals surface area contributed by atoms with Crippen LogP contribution in [0.25, 0.3) is 28.0 Å². The van der Waals surface area contributed by atoms with Gasteiger partial charge in [0.25, 0.3) is 0 Å². The van der Waals surface area contributed by atoms with E-state index in [1.807, 2.05) is 63.2 Å². The molecule has 5 aromatic rings. The van der Waals surface area contributed by atoms with Crippen LogP contribution in [0.5, 0.6) is 0 Å². The summed E-state index contributed by atoms with van der Waals surface area (Å²) in [7, 11) is 0. The topological polar surface area (TPSA) is 92.3 Å². The zero-order chi connectivity index (χ0) is 24.0. The maximum absolute atomic E-state index is 13.6. The predicted molar refractivity (Wildman–Crippen MR) is 129 cm³/mol. The van der Waals surface area contributed by atoms with E-state index in [2.05, 4.69) is 9.97 Å². The van der Waals surface area contributed by atoms with Crippen molar-refractivity contribution in [3.05, 3.63) is 99.5 Å². The maximum Gasteiger partial charge on any atom is 0.411 e. The molecule has 7 nitrogen and oxygen atoms in total. The van der Waals surface area contributed by atoms with Crippen molar-refractivity contribution in [1.29, 1.82) is 0 Å². The summed E-state index contributed by atoms with van der Waals surface area (Å²) in [6.45, 7) is 5.86. The first-order chi connectivity index (χ1) is 16.3. The van der Waals surface area contributed by atoms with Gasteiger partial charge in [-0.3, -0.25) is 10.7 Å². The normalized spacial score (nSPS) is 11.3. The number of pyridine rings is 1. The average Bonchev–Trinajstić information content (AvgIpc) is 3.11. The molecule has 170 valence electrons. The van der Waals surface area contributed by atoms with Crippen molar-refractivity contribution in [2.75, 3.05) is 5.73 Å². The van der Waals surface area contributed by atoms with Crippen LogP contribution < -0.4 is 16.4 Å². The van der Waals surface area contributed by atoms with Crippen molar-refractivity contribution in [3.8, 4) is 22.4 Å². The average molecular weight is 456 g/mol. The first kappa shape index (κ1) is 21.5. The second-order valence-electron chi connectivity index (χ2n) is 8.43. The zero-order valence-electron chi connectivity index (χ0n) is 19.1. The van der Waals surface area contributed by atoms with E-state index in [1.165, 1.54) is 21.2 Å². The number of benzene rings is 2. The summed E-state index contributed by atoms with van der Waals surface area (Å²) in [4.78, 5) is 21.1. The van der Waals surface area contributed by atoms with Gasteiger partial charge in [-0.15, -0.1) is 9.50 Å². The predicted octanol–water partition coefficient (Wildman–Crippen LogP) is 3.73. The van der Waals surface area contributed by atoms with E-state index in [0.717, 1.165) is 44.9 Å². The van der Waals surface area contributed by atoms with E-state index in [4.69, 9.17) is 10.8 Å². The molecule has 0 aliphatic carbocycles. The van der Waals surface area contributed by atoms with Crippen LogP contribution in [0.15, 0.2) is 65.5 Å². The number of nitrogens with zero attached hydrogens (tertiary/aromatic N) is 4. The van der Waals surface area contributed by atoms with Gasteiger partial charge in [-0.25, -0.2) is 14.2 Å². The Kier molecular flexibility index (Phi) is 5.20. The summed E-state index contributed by atoms with van der Waals surface area (Å²) >= 11 is 0. The van der Waals surface area contributed by atoms with E-state index in [-0.39, 0.29) is 24.0 Å². The third-order valence-electron chi connectivity index (χ3n) is 5.86. The second-order valence-corrected chi connectivity index (χ2v) is 8.43. The van der Waals surface area contributed by atoms with Crippen LogP contribution in [0.2, 0.25) is 0 Å². The smallest absolute Gasteiger partial charge is 0.290 e. The zero-order valence-corrected chi connectivity index (χ0v) is 19.1. The molecular formula is C26H24FN6O+. The molecular weight excluding hydrogens is 431 g/mol. The van der Waals surface area contributed by atoms with Crippen LogP contribution in [-0.2, 0) is 6.54 Å². The molecule has 0 amide bonds. The van der Waals surface area contributed by atoms with Crippen molar-refractivity contribution < 1.29 is 9.37 Å². The lowest BCUT2D eigenvalue weighted by molar-refractivity contribution is -0.351. The molecule has 0 aliphatic rings. The molecule has 0 spiro atoms. The summed E-state index contributed by atoms with van der Waals surface area (Å²) in [5, 5.41) is 4.71. The van der Waals surface area contributed by atoms with Crippen LogP contribution in [0, 0.1) is 26.6 Å². The van der Waals surface area contributed by atoms with Crippen molar-refractivity contribution >= 4 is 11.6 Å². The van der Waals surface area contributed by atoms with Crippen LogP contribution in [-0.4, -0.2) is 19.2 Å². The largest absolute Gasteiger partial charge is 0.411 e. The molecule has 0 atom stereocenters. The second kappa shape index (κ2) is 8.22. The van der Waals surface area contributed by atoms with Gasteiger partial charge >= 0.3 is 11.6 Å². The number of nitrogens with two attached hydrogens (primary N) is 1. The highest BCUT2D eigenvalue weighted by molar-refractivity contribution is 5.88. The molecule has 0 saturated carbocycles. The van der Waals surface area contributed by atoms with Crippen molar-refractivity contribution in [2.24, 2.45) is 0 Å². The van der Waals surface area contributed by atoms with Crippen LogP contribution >= 0.6 is 0 Å². The monoisotopic (exact) mass is 455 g/mol. The Labute approximate surface area is 195 Å². The fourth-order valence-corrected chi connectivity index (χ4v) is 4.32. The number of nitrogens with one attached hydrogen (secondary N) is 1. The molecule has 0 fully saturated rings. The number of H-pyrrole nitrogens is 1. The summed E-state index contributed by atoms with van der Waals surface area (Å²) < 4.78 is 16.3. The Morgan fingerprint density at radius 3 is 2.35 bits per heavy atom. The first-order valence-corrected chi connectivity index (χ1v) is 10.9. The molecule has 5 rings (SSSR count). The van der Waals surface area contributed by atoms with Gasteiger partial charge in [-0.2, -0.15) is 4.68 Å². The van der Waals surface area contributed by atoms with Gasteiger partial charge in [0.05, 0.1) is 12.1 Å². The fourth-order valence-electron chi connectivity index (χ4n) is 4.32. The van der Waals surface area contributed by atoms with Crippen LogP contribution in [0.3, 0.4) is 0 Å². The van der Waals surface area contributed by atoms with E-state index < -0.39 is 0 Å². The minimum absolute atomic E-state index is 0.173. The molecule has 34 heavy (non-hydrogen) atoms. The van der Waals surface area contributed by atoms with E-state index in [9.17, 15) is 9.18 Å². The number of aromatic amines is 1. The highest BCUT2D eigenvalue weighted by Gasteiger charge is 2.26. The van der Waals surface area contributed by atoms with Crippen molar-refractivity contribution in [2.45, 2.75) is 27.3 Å². The Morgan fingerprint density at radius 1 is 0.971 bits per heavy atom. The molecule has 0 saturated heterocycles. The summed E-state index contributed by atoms with van der Waals surface area (Å²) in [5.74, 6) is -0.146. The molecule has 8 heteroatoms. The van der Waals surface area contributed by atoms with Gasteiger partial charge in [0.1, 0.15) is 11.5 Å². The summed E-state index contributed by atoms with van der Waals surface area (Å²) in [6.07, 6.45) is 0.